The molecule has 0 bridgehead atoms. The number of likely N-dealkylation sites (N-methyl/N-ethyl adjacent to an activating group) is 1. The van der Waals surface area contributed by atoms with Crippen molar-refractivity contribution >= 4 is 0 Å². The zero-order valence-electron chi connectivity index (χ0n) is 12.5. The van der Waals surface area contributed by atoms with Crippen molar-refractivity contribution in [3.63, 3.8) is 0 Å². The van der Waals surface area contributed by atoms with E-state index in [0.29, 0.717) is 11.5 Å². The standard InChI is InChI=1S/C15H32N2/c1-12-6-8-13(9-7-12)14(10-16)17(5)11-15(2,3)4/h12-14H,6-11,16H2,1-5H3. The van der Waals surface area contributed by atoms with Crippen LogP contribution in [0.4, 0.5) is 0 Å². The molecule has 1 aliphatic carbocycles. The van der Waals surface area contributed by atoms with Crippen LogP contribution in [0.25, 0.3) is 0 Å². The molecule has 2 N–H and O–H groups in total. The van der Waals surface area contributed by atoms with E-state index in [-0.39, 0.29) is 0 Å². The molecule has 2 nitrogen and oxygen atoms in total. The van der Waals surface area contributed by atoms with E-state index in [4.69, 9.17) is 5.73 Å². The fraction of sp³-hybridized carbons (Fsp3) is 1.00. The van der Waals surface area contributed by atoms with Crippen molar-refractivity contribution < 1.29 is 0 Å². The van der Waals surface area contributed by atoms with E-state index in [1.165, 1.54) is 25.7 Å². The van der Waals surface area contributed by atoms with Crippen molar-refractivity contribution in [2.24, 2.45) is 23.0 Å². The molecule has 0 heterocycles. The average Bonchev–Trinajstić information content (AvgIpc) is 2.19. The summed E-state index contributed by atoms with van der Waals surface area (Å²) in [7, 11) is 2.25. The Labute approximate surface area is 108 Å². The Balaban J connectivity index is 2.52. The van der Waals surface area contributed by atoms with Crippen LogP contribution in [0.15, 0.2) is 0 Å². The maximum absolute atomic E-state index is 6.02. The second kappa shape index (κ2) is 6.19. The Morgan fingerprint density at radius 2 is 1.71 bits per heavy atom. The first-order valence-corrected chi connectivity index (χ1v) is 7.24. The Bertz CT molecular complexity index is 211. The molecule has 0 spiro atoms. The third-order valence-corrected chi connectivity index (χ3v) is 4.14. The molecule has 1 rings (SSSR count). The van der Waals surface area contributed by atoms with Crippen molar-refractivity contribution in [1.82, 2.24) is 4.90 Å². The van der Waals surface area contributed by atoms with Gasteiger partial charge in [-0.15, -0.1) is 0 Å². The van der Waals surface area contributed by atoms with Crippen LogP contribution in [0.5, 0.6) is 0 Å². The summed E-state index contributed by atoms with van der Waals surface area (Å²) in [6.07, 6.45) is 5.53. The molecule has 1 unspecified atom stereocenters. The van der Waals surface area contributed by atoms with Gasteiger partial charge in [0, 0.05) is 19.1 Å². The molecule has 0 saturated heterocycles. The molecule has 0 aromatic rings. The Hall–Kier alpha value is -0.0800. The van der Waals surface area contributed by atoms with Gasteiger partial charge in [-0.05, 0) is 37.1 Å². The Morgan fingerprint density at radius 3 is 2.12 bits per heavy atom. The molecular weight excluding hydrogens is 208 g/mol. The van der Waals surface area contributed by atoms with Gasteiger partial charge in [-0.1, -0.05) is 40.5 Å². The van der Waals surface area contributed by atoms with E-state index in [0.717, 1.165) is 24.9 Å². The highest BCUT2D eigenvalue weighted by Crippen LogP contribution is 2.32. The minimum atomic E-state index is 0.365. The quantitative estimate of drug-likeness (QED) is 0.818. The van der Waals surface area contributed by atoms with Gasteiger partial charge in [-0.3, -0.25) is 0 Å². The highest BCUT2D eigenvalue weighted by atomic mass is 15.1. The highest BCUT2D eigenvalue weighted by Gasteiger charge is 2.29. The SMILES string of the molecule is CC1CCC(C(CN)N(C)CC(C)(C)C)CC1. The van der Waals surface area contributed by atoms with E-state index in [2.05, 4.69) is 39.6 Å². The summed E-state index contributed by atoms with van der Waals surface area (Å²) in [6, 6.07) is 0.585. The van der Waals surface area contributed by atoms with Crippen molar-refractivity contribution in [2.75, 3.05) is 20.1 Å². The minimum Gasteiger partial charge on any atom is -0.329 e. The van der Waals surface area contributed by atoms with Crippen LogP contribution in [0.3, 0.4) is 0 Å². The average molecular weight is 240 g/mol. The molecule has 1 fully saturated rings. The van der Waals surface area contributed by atoms with E-state index in [9.17, 15) is 0 Å². The fourth-order valence-corrected chi connectivity index (χ4v) is 3.27. The summed E-state index contributed by atoms with van der Waals surface area (Å²) >= 11 is 0. The smallest absolute Gasteiger partial charge is 0.0243 e. The monoisotopic (exact) mass is 240 g/mol. The maximum atomic E-state index is 6.02. The normalized spacial score (nSPS) is 28.4. The Morgan fingerprint density at radius 1 is 1.18 bits per heavy atom. The molecule has 0 aromatic heterocycles. The van der Waals surface area contributed by atoms with Crippen LogP contribution in [0.2, 0.25) is 0 Å². The van der Waals surface area contributed by atoms with Gasteiger partial charge >= 0.3 is 0 Å². The second-order valence-electron chi connectivity index (χ2n) is 7.30. The predicted octanol–water partition coefficient (Wildman–Crippen LogP) is 3.12. The van der Waals surface area contributed by atoms with Gasteiger partial charge in [0.05, 0.1) is 0 Å². The van der Waals surface area contributed by atoms with Gasteiger partial charge in [0.25, 0.3) is 0 Å². The van der Waals surface area contributed by atoms with Crippen LogP contribution in [0, 0.1) is 17.3 Å². The van der Waals surface area contributed by atoms with Crippen molar-refractivity contribution in [1.29, 1.82) is 0 Å². The van der Waals surface area contributed by atoms with Crippen molar-refractivity contribution in [3.8, 4) is 0 Å². The highest BCUT2D eigenvalue weighted by molar-refractivity contribution is 4.84. The minimum absolute atomic E-state index is 0.365. The first-order chi connectivity index (χ1) is 7.83. The van der Waals surface area contributed by atoms with E-state index in [1.807, 2.05) is 0 Å². The molecule has 1 atom stereocenters. The van der Waals surface area contributed by atoms with Gasteiger partial charge in [-0.25, -0.2) is 0 Å². The van der Waals surface area contributed by atoms with Gasteiger partial charge in [0.15, 0.2) is 0 Å². The molecule has 1 aliphatic rings. The predicted molar refractivity (Wildman–Crippen MR) is 76.0 cm³/mol. The van der Waals surface area contributed by atoms with Crippen molar-refractivity contribution in [3.05, 3.63) is 0 Å². The second-order valence-corrected chi connectivity index (χ2v) is 7.30. The van der Waals surface area contributed by atoms with Crippen LogP contribution in [-0.2, 0) is 0 Å². The first-order valence-electron chi connectivity index (χ1n) is 7.24. The topological polar surface area (TPSA) is 29.3 Å². The van der Waals surface area contributed by atoms with Crippen LogP contribution in [-0.4, -0.2) is 31.1 Å². The summed E-state index contributed by atoms with van der Waals surface area (Å²) in [5.41, 5.74) is 6.38. The van der Waals surface area contributed by atoms with Gasteiger partial charge in [0.1, 0.15) is 0 Å². The number of rotatable bonds is 4. The fourth-order valence-electron chi connectivity index (χ4n) is 3.27. The largest absolute Gasteiger partial charge is 0.329 e. The summed E-state index contributed by atoms with van der Waals surface area (Å²) < 4.78 is 0. The lowest BCUT2D eigenvalue weighted by molar-refractivity contribution is 0.104. The third-order valence-electron chi connectivity index (χ3n) is 4.14. The van der Waals surface area contributed by atoms with Crippen LogP contribution < -0.4 is 5.73 Å². The number of hydrogen-bond donors (Lipinski definition) is 1. The maximum Gasteiger partial charge on any atom is 0.0243 e. The first kappa shape index (κ1) is 15.0. The van der Waals surface area contributed by atoms with Crippen molar-refractivity contribution in [2.45, 2.75) is 59.4 Å². The molecule has 0 amide bonds. The number of nitrogens with two attached hydrogens (primary N) is 1. The summed E-state index contributed by atoms with van der Waals surface area (Å²) in [5.74, 6) is 1.75. The van der Waals surface area contributed by atoms with Gasteiger partial charge in [-0.2, -0.15) is 0 Å². The molecule has 0 aliphatic heterocycles. The van der Waals surface area contributed by atoms with E-state index >= 15 is 0 Å². The molecule has 0 radical (unpaired) electrons. The molecular formula is C15H32N2. The summed E-state index contributed by atoms with van der Waals surface area (Å²) in [4.78, 5) is 2.50. The summed E-state index contributed by atoms with van der Waals surface area (Å²) in [6.45, 7) is 11.2. The van der Waals surface area contributed by atoms with Crippen LogP contribution in [0.1, 0.15) is 53.4 Å². The molecule has 17 heavy (non-hydrogen) atoms. The molecule has 1 saturated carbocycles. The lowest BCUT2D eigenvalue weighted by Crippen LogP contribution is -2.47. The molecule has 102 valence electrons. The molecule has 2 heteroatoms. The number of nitrogens with zero attached hydrogens (tertiary/aromatic N) is 1. The van der Waals surface area contributed by atoms with Gasteiger partial charge < -0.3 is 10.6 Å². The molecule has 0 aromatic carbocycles. The lowest BCUT2D eigenvalue weighted by atomic mass is 9.78. The summed E-state index contributed by atoms with van der Waals surface area (Å²) in [5, 5.41) is 0. The van der Waals surface area contributed by atoms with Crippen LogP contribution >= 0.6 is 0 Å². The lowest BCUT2D eigenvalue weighted by Gasteiger charge is -2.40. The van der Waals surface area contributed by atoms with Gasteiger partial charge in [0.2, 0.25) is 0 Å². The zero-order valence-corrected chi connectivity index (χ0v) is 12.5. The third kappa shape index (κ3) is 4.97. The Kier molecular flexibility index (Phi) is 5.46. The van der Waals surface area contributed by atoms with E-state index < -0.39 is 0 Å². The number of hydrogen-bond acceptors (Lipinski definition) is 2. The zero-order chi connectivity index (χ0) is 13.1. The van der Waals surface area contributed by atoms with E-state index in [1.54, 1.807) is 0 Å².